The van der Waals surface area contributed by atoms with Crippen molar-refractivity contribution in [2.45, 2.75) is 13.5 Å². The topological polar surface area (TPSA) is 43.8 Å². The van der Waals surface area contributed by atoms with Crippen LogP contribution in [0.1, 0.15) is 11.1 Å². The van der Waals surface area contributed by atoms with Gasteiger partial charge in [0.1, 0.15) is 11.6 Å². The lowest BCUT2D eigenvalue weighted by atomic mass is 10.1. The van der Waals surface area contributed by atoms with Crippen LogP contribution < -0.4 is 5.73 Å². The first kappa shape index (κ1) is 12.8. The van der Waals surface area contributed by atoms with Gasteiger partial charge >= 0.3 is 0 Å². The van der Waals surface area contributed by atoms with Crippen molar-refractivity contribution in [2.24, 2.45) is 12.8 Å². The monoisotopic (exact) mass is 269 g/mol. The second-order valence-electron chi connectivity index (χ2n) is 4.99. The van der Waals surface area contributed by atoms with Gasteiger partial charge in [0.25, 0.3) is 0 Å². The molecule has 3 nitrogen and oxygen atoms in total. The molecule has 4 heteroatoms. The zero-order chi connectivity index (χ0) is 14.3. The lowest BCUT2D eigenvalue weighted by Crippen LogP contribution is -1.97. The standard InChI is InChI=1S/C16H16FN3/c1-10-7-12(4-5-13(10)17)16-19-14-6-3-11(9-18)8-15(14)20(16)2/h3-8H,9,18H2,1-2H3. The van der Waals surface area contributed by atoms with Gasteiger partial charge in [0.05, 0.1) is 11.0 Å². The fourth-order valence-corrected chi connectivity index (χ4v) is 2.40. The van der Waals surface area contributed by atoms with Gasteiger partial charge in [0.2, 0.25) is 0 Å². The second kappa shape index (κ2) is 4.72. The van der Waals surface area contributed by atoms with Crippen LogP contribution >= 0.6 is 0 Å². The maximum Gasteiger partial charge on any atom is 0.140 e. The van der Waals surface area contributed by atoms with Crippen molar-refractivity contribution in [3.05, 3.63) is 53.3 Å². The van der Waals surface area contributed by atoms with Gasteiger partial charge in [-0.25, -0.2) is 9.37 Å². The van der Waals surface area contributed by atoms with Crippen molar-refractivity contribution in [1.29, 1.82) is 0 Å². The minimum atomic E-state index is -0.196. The van der Waals surface area contributed by atoms with E-state index in [1.807, 2.05) is 35.9 Å². The molecule has 0 aliphatic rings. The first-order chi connectivity index (χ1) is 9.60. The van der Waals surface area contributed by atoms with Crippen LogP contribution in [-0.2, 0) is 13.6 Å². The summed E-state index contributed by atoms with van der Waals surface area (Å²) in [6, 6.07) is 11.1. The molecule has 3 aromatic rings. The molecule has 0 aliphatic carbocycles. The van der Waals surface area contributed by atoms with E-state index in [4.69, 9.17) is 5.73 Å². The largest absolute Gasteiger partial charge is 0.327 e. The molecule has 2 aromatic carbocycles. The molecule has 0 spiro atoms. The van der Waals surface area contributed by atoms with E-state index in [0.29, 0.717) is 12.1 Å². The Morgan fingerprint density at radius 3 is 2.70 bits per heavy atom. The van der Waals surface area contributed by atoms with Gasteiger partial charge in [-0.1, -0.05) is 6.07 Å². The third-order valence-corrected chi connectivity index (χ3v) is 3.60. The molecular weight excluding hydrogens is 253 g/mol. The average molecular weight is 269 g/mol. The molecule has 20 heavy (non-hydrogen) atoms. The van der Waals surface area contributed by atoms with Crippen molar-refractivity contribution in [3.8, 4) is 11.4 Å². The molecule has 2 N–H and O–H groups in total. The van der Waals surface area contributed by atoms with Gasteiger partial charge in [0, 0.05) is 19.2 Å². The van der Waals surface area contributed by atoms with Crippen molar-refractivity contribution in [2.75, 3.05) is 0 Å². The quantitative estimate of drug-likeness (QED) is 0.776. The lowest BCUT2D eigenvalue weighted by molar-refractivity contribution is 0.618. The van der Waals surface area contributed by atoms with Gasteiger partial charge in [-0.3, -0.25) is 0 Å². The third kappa shape index (κ3) is 1.98. The van der Waals surface area contributed by atoms with Crippen LogP contribution in [0.5, 0.6) is 0 Å². The summed E-state index contributed by atoms with van der Waals surface area (Å²) in [5.74, 6) is 0.634. The number of aryl methyl sites for hydroxylation is 2. The molecule has 0 aliphatic heterocycles. The van der Waals surface area contributed by atoms with Crippen LogP contribution in [0.2, 0.25) is 0 Å². The molecule has 0 fully saturated rings. The number of imidazole rings is 1. The summed E-state index contributed by atoms with van der Waals surface area (Å²) >= 11 is 0. The molecule has 102 valence electrons. The van der Waals surface area contributed by atoms with Crippen LogP contribution in [0.4, 0.5) is 4.39 Å². The highest BCUT2D eigenvalue weighted by Crippen LogP contribution is 2.25. The maximum atomic E-state index is 13.4. The Kier molecular flexibility index (Phi) is 3.03. The van der Waals surface area contributed by atoms with Crippen molar-refractivity contribution < 1.29 is 4.39 Å². The van der Waals surface area contributed by atoms with E-state index in [-0.39, 0.29) is 5.82 Å². The molecule has 0 unspecified atom stereocenters. The Balaban J connectivity index is 2.21. The minimum Gasteiger partial charge on any atom is -0.327 e. The van der Waals surface area contributed by atoms with E-state index in [0.717, 1.165) is 28.0 Å². The Bertz CT molecular complexity index is 790. The molecule has 1 heterocycles. The number of nitrogens with zero attached hydrogens (tertiary/aromatic N) is 2. The molecule has 0 bridgehead atoms. The highest BCUT2D eigenvalue weighted by molar-refractivity contribution is 5.81. The number of hydrogen-bond donors (Lipinski definition) is 1. The van der Waals surface area contributed by atoms with Crippen LogP contribution in [0.3, 0.4) is 0 Å². The Morgan fingerprint density at radius 2 is 2.00 bits per heavy atom. The predicted molar refractivity (Wildman–Crippen MR) is 78.7 cm³/mol. The normalized spacial score (nSPS) is 11.2. The van der Waals surface area contributed by atoms with E-state index in [1.54, 1.807) is 13.0 Å². The summed E-state index contributed by atoms with van der Waals surface area (Å²) in [5.41, 5.74) is 10.2. The van der Waals surface area contributed by atoms with Gasteiger partial charge in [0.15, 0.2) is 0 Å². The van der Waals surface area contributed by atoms with E-state index >= 15 is 0 Å². The highest BCUT2D eigenvalue weighted by Gasteiger charge is 2.11. The average Bonchev–Trinajstić information content (AvgIpc) is 2.79. The summed E-state index contributed by atoms with van der Waals surface area (Å²) in [6.07, 6.45) is 0. The summed E-state index contributed by atoms with van der Waals surface area (Å²) < 4.78 is 15.4. The summed E-state index contributed by atoms with van der Waals surface area (Å²) in [6.45, 7) is 2.26. The Morgan fingerprint density at radius 1 is 1.20 bits per heavy atom. The fraction of sp³-hybridized carbons (Fsp3) is 0.188. The van der Waals surface area contributed by atoms with Crippen LogP contribution in [0.25, 0.3) is 22.4 Å². The Hall–Kier alpha value is -2.20. The maximum absolute atomic E-state index is 13.4. The van der Waals surface area contributed by atoms with Gasteiger partial charge in [-0.15, -0.1) is 0 Å². The summed E-state index contributed by atoms with van der Waals surface area (Å²) in [5, 5.41) is 0. The first-order valence-corrected chi connectivity index (χ1v) is 6.52. The third-order valence-electron chi connectivity index (χ3n) is 3.60. The summed E-state index contributed by atoms with van der Waals surface area (Å²) in [7, 11) is 1.96. The van der Waals surface area contributed by atoms with Crippen molar-refractivity contribution in [3.63, 3.8) is 0 Å². The molecule has 1 aromatic heterocycles. The van der Waals surface area contributed by atoms with Crippen LogP contribution in [0, 0.1) is 12.7 Å². The molecule has 3 rings (SSSR count). The van der Waals surface area contributed by atoms with Crippen molar-refractivity contribution >= 4 is 11.0 Å². The molecule has 0 saturated carbocycles. The van der Waals surface area contributed by atoms with Crippen LogP contribution in [-0.4, -0.2) is 9.55 Å². The SMILES string of the molecule is Cc1cc(-c2nc3ccc(CN)cc3n2C)ccc1F. The van der Waals surface area contributed by atoms with E-state index in [2.05, 4.69) is 4.98 Å². The highest BCUT2D eigenvalue weighted by atomic mass is 19.1. The van der Waals surface area contributed by atoms with Gasteiger partial charge < -0.3 is 10.3 Å². The van der Waals surface area contributed by atoms with Crippen LogP contribution in [0.15, 0.2) is 36.4 Å². The zero-order valence-corrected chi connectivity index (χ0v) is 11.5. The van der Waals surface area contributed by atoms with E-state index in [1.165, 1.54) is 6.07 Å². The first-order valence-electron chi connectivity index (χ1n) is 6.52. The number of benzene rings is 2. The Labute approximate surface area is 116 Å². The number of hydrogen-bond acceptors (Lipinski definition) is 2. The number of rotatable bonds is 2. The van der Waals surface area contributed by atoms with Gasteiger partial charge in [-0.2, -0.15) is 0 Å². The minimum absolute atomic E-state index is 0.196. The lowest BCUT2D eigenvalue weighted by Gasteiger charge is -2.04. The van der Waals surface area contributed by atoms with E-state index < -0.39 is 0 Å². The fourth-order valence-electron chi connectivity index (χ4n) is 2.40. The molecular formula is C16H16FN3. The predicted octanol–water partition coefficient (Wildman–Crippen LogP) is 3.15. The van der Waals surface area contributed by atoms with Crippen molar-refractivity contribution in [1.82, 2.24) is 9.55 Å². The molecule has 0 atom stereocenters. The number of aromatic nitrogens is 2. The molecule has 0 amide bonds. The van der Waals surface area contributed by atoms with E-state index in [9.17, 15) is 4.39 Å². The second-order valence-corrected chi connectivity index (χ2v) is 4.99. The smallest absolute Gasteiger partial charge is 0.140 e. The number of halogens is 1. The number of fused-ring (bicyclic) bond motifs is 1. The zero-order valence-electron chi connectivity index (χ0n) is 11.5. The molecule has 0 radical (unpaired) electrons. The van der Waals surface area contributed by atoms with Gasteiger partial charge in [-0.05, 0) is 48.4 Å². The summed E-state index contributed by atoms with van der Waals surface area (Å²) in [4.78, 5) is 4.63. The molecule has 0 saturated heterocycles. The number of nitrogens with two attached hydrogens (primary N) is 1.